The Hall–Kier alpha value is -4.95. The third-order valence-corrected chi connectivity index (χ3v) is 13.7. The number of furan rings is 2. The zero-order valence-corrected chi connectivity index (χ0v) is 32.5. The van der Waals surface area contributed by atoms with Crippen molar-refractivity contribution in [3.8, 4) is 22.6 Å². The van der Waals surface area contributed by atoms with Crippen molar-refractivity contribution in [2.45, 2.75) is 102 Å². The quantitative estimate of drug-likeness (QED) is 0.169. The summed E-state index contributed by atoms with van der Waals surface area (Å²) in [6.45, 7) is 12.3. The standard InChI is InChI=1S/C46H42O7S/c1-22-32-37(47)39(49)35-26-10-8-20-45(3,4)30(26)18-16-28(35)43(32)52-41(22)34(24-12-14-25(15-13-24)54(7)51)42-23(2)33-38(48)40(50)36-27-11-9-21-46(5,6)31(27)19-17-29(36)44(33)53-42/h12-19,34H,8-11,20-21H2,1-7H3. The van der Waals surface area contributed by atoms with Crippen molar-refractivity contribution in [3.05, 3.63) is 121 Å². The second-order valence-electron chi connectivity index (χ2n) is 16.9. The molecule has 8 heteroatoms. The highest BCUT2D eigenvalue weighted by molar-refractivity contribution is 7.84. The molecule has 4 aliphatic rings. The van der Waals surface area contributed by atoms with E-state index in [0.29, 0.717) is 79.7 Å². The van der Waals surface area contributed by atoms with Gasteiger partial charge in [-0.3, -0.25) is 23.4 Å². The van der Waals surface area contributed by atoms with Crippen molar-refractivity contribution in [1.29, 1.82) is 0 Å². The predicted octanol–water partition coefficient (Wildman–Crippen LogP) is 9.73. The summed E-state index contributed by atoms with van der Waals surface area (Å²) in [5.41, 5.74) is 8.03. The van der Waals surface area contributed by atoms with Crippen molar-refractivity contribution in [2.24, 2.45) is 0 Å². The average molecular weight is 739 g/mol. The molecule has 0 saturated carbocycles. The molecule has 0 bridgehead atoms. The Labute approximate surface area is 317 Å². The Balaban J connectivity index is 1.28. The normalized spacial score (nSPS) is 18.4. The van der Waals surface area contributed by atoms with E-state index in [-0.39, 0.29) is 22.0 Å². The van der Waals surface area contributed by atoms with E-state index in [4.69, 9.17) is 8.83 Å². The molecule has 0 amide bonds. The minimum atomic E-state index is -1.23. The van der Waals surface area contributed by atoms with E-state index in [1.54, 1.807) is 32.2 Å². The van der Waals surface area contributed by atoms with E-state index >= 15 is 0 Å². The minimum absolute atomic E-state index is 0.126. The van der Waals surface area contributed by atoms with Crippen LogP contribution in [-0.4, -0.2) is 33.6 Å². The van der Waals surface area contributed by atoms with Crippen LogP contribution in [-0.2, 0) is 34.5 Å². The minimum Gasteiger partial charge on any atom is -0.459 e. The van der Waals surface area contributed by atoms with Crippen LogP contribution in [0.2, 0.25) is 0 Å². The zero-order valence-electron chi connectivity index (χ0n) is 31.7. The SMILES string of the molecule is Cc1c(C(c2ccc(S(C)=O)cc2)c2oc3c(c2C)C(=O)C(=O)c2c-3ccc3c2CCCC3(C)C)oc2c1C(=O)C(=O)c1c-2ccc2c1CCCC2(C)C. The van der Waals surface area contributed by atoms with Crippen LogP contribution in [0.3, 0.4) is 0 Å². The highest BCUT2D eigenvalue weighted by Gasteiger charge is 2.45. The molecule has 0 fully saturated rings. The molecule has 0 spiro atoms. The molecular formula is C46H42O7S. The number of hydrogen-bond donors (Lipinski definition) is 0. The molecule has 2 heterocycles. The smallest absolute Gasteiger partial charge is 0.237 e. The average Bonchev–Trinajstić information content (AvgIpc) is 3.65. The highest BCUT2D eigenvalue weighted by atomic mass is 32.2. The Morgan fingerprint density at radius 2 is 1.00 bits per heavy atom. The fourth-order valence-corrected chi connectivity index (χ4v) is 10.5. The molecule has 9 rings (SSSR count). The van der Waals surface area contributed by atoms with Crippen LogP contribution < -0.4 is 0 Å². The molecule has 5 aromatic rings. The Morgan fingerprint density at radius 3 is 1.41 bits per heavy atom. The Morgan fingerprint density at radius 1 is 0.593 bits per heavy atom. The van der Waals surface area contributed by atoms with Gasteiger partial charge in [0, 0.05) is 55.3 Å². The van der Waals surface area contributed by atoms with E-state index < -0.39 is 39.9 Å². The largest absolute Gasteiger partial charge is 0.459 e. The molecule has 274 valence electrons. The van der Waals surface area contributed by atoms with Gasteiger partial charge in [0.05, 0.1) is 11.1 Å². The second-order valence-corrected chi connectivity index (χ2v) is 18.2. The van der Waals surface area contributed by atoms with Crippen LogP contribution in [0.5, 0.6) is 0 Å². The molecule has 1 unspecified atom stereocenters. The van der Waals surface area contributed by atoms with E-state index in [9.17, 15) is 23.4 Å². The summed E-state index contributed by atoms with van der Waals surface area (Å²) >= 11 is 0. The number of Topliss-reactive ketones (excluding diaryl/α,β-unsaturated/α-hetero) is 4. The fraction of sp³-hybridized carbons (Fsp3) is 0.348. The highest BCUT2D eigenvalue weighted by Crippen LogP contribution is 2.51. The number of carbonyl (C=O) groups excluding carboxylic acids is 4. The molecule has 7 nitrogen and oxygen atoms in total. The molecule has 0 saturated heterocycles. The van der Waals surface area contributed by atoms with Crippen LogP contribution >= 0.6 is 0 Å². The maximum absolute atomic E-state index is 14.1. The summed E-state index contributed by atoms with van der Waals surface area (Å²) in [6.07, 6.45) is 6.86. The van der Waals surface area contributed by atoms with Crippen molar-refractivity contribution >= 4 is 33.9 Å². The van der Waals surface area contributed by atoms with Crippen LogP contribution in [0.1, 0.15) is 151 Å². The predicted molar refractivity (Wildman–Crippen MR) is 207 cm³/mol. The zero-order chi connectivity index (χ0) is 38.2. The van der Waals surface area contributed by atoms with E-state index in [1.165, 1.54) is 0 Å². The second kappa shape index (κ2) is 11.8. The number of rotatable bonds is 4. The van der Waals surface area contributed by atoms with Gasteiger partial charge in [0.25, 0.3) is 0 Å². The van der Waals surface area contributed by atoms with Crippen molar-refractivity contribution in [1.82, 2.24) is 0 Å². The third kappa shape index (κ3) is 4.74. The first-order valence-electron chi connectivity index (χ1n) is 18.8. The lowest BCUT2D eigenvalue weighted by atomic mass is 9.69. The molecular weight excluding hydrogens is 697 g/mol. The van der Waals surface area contributed by atoms with E-state index in [1.807, 2.05) is 24.3 Å². The Kier molecular flexibility index (Phi) is 7.59. The van der Waals surface area contributed by atoms with Crippen LogP contribution in [0.25, 0.3) is 22.6 Å². The van der Waals surface area contributed by atoms with Crippen LogP contribution in [0.15, 0.2) is 62.3 Å². The van der Waals surface area contributed by atoms with Crippen molar-refractivity contribution in [3.63, 3.8) is 0 Å². The fourth-order valence-electron chi connectivity index (χ4n) is 9.93. The van der Waals surface area contributed by atoms with Gasteiger partial charge in [-0.25, -0.2) is 0 Å². The van der Waals surface area contributed by atoms with Crippen molar-refractivity contribution in [2.75, 3.05) is 6.26 Å². The first-order valence-corrected chi connectivity index (χ1v) is 20.4. The maximum atomic E-state index is 14.1. The van der Waals surface area contributed by atoms with Crippen molar-refractivity contribution < 1.29 is 32.2 Å². The number of ketones is 4. The monoisotopic (exact) mass is 738 g/mol. The molecule has 54 heavy (non-hydrogen) atoms. The first-order chi connectivity index (χ1) is 25.6. The summed E-state index contributed by atoms with van der Waals surface area (Å²) in [7, 11) is -1.23. The van der Waals surface area contributed by atoms with Gasteiger partial charge < -0.3 is 8.83 Å². The van der Waals surface area contributed by atoms with Gasteiger partial charge in [-0.2, -0.15) is 0 Å². The van der Waals surface area contributed by atoms with Gasteiger partial charge in [-0.05, 0) is 103 Å². The van der Waals surface area contributed by atoms with Gasteiger partial charge >= 0.3 is 0 Å². The lowest BCUT2D eigenvalue weighted by Gasteiger charge is -2.34. The number of carbonyl (C=O) groups is 4. The summed E-state index contributed by atoms with van der Waals surface area (Å²) < 4.78 is 26.1. The lowest BCUT2D eigenvalue weighted by Crippen LogP contribution is -2.29. The molecule has 3 aromatic carbocycles. The van der Waals surface area contributed by atoms with Crippen LogP contribution in [0.4, 0.5) is 0 Å². The molecule has 2 aromatic heterocycles. The molecule has 1 atom stereocenters. The summed E-state index contributed by atoms with van der Waals surface area (Å²) in [4.78, 5) is 57.0. The topological polar surface area (TPSA) is 112 Å². The maximum Gasteiger partial charge on any atom is 0.237 e. The molecule has 4 aliphatic carbocycles. The first kappa shape index (κ1) is 34.8. The van der Waals surface area contributed by atoms with Gasteiger partial charge in [-0.1, -0.05) is 64.1 Å². The summed E-state index contributed by atoms with van der Waals surface area (Å²) in [5, 5.41) is 0. The van der Waals surface area contributed by atoms with Crippen LogP contribution in [0, 0.1) is 13.8 Å². The van der Waals surface area contributed by atoms with Gasteiger partial charge in [0.1, 0.15) is 29.0 Å². The molecule has 0 aliphatic heterocycles. The Bertz CT molecular complexity index is 2420. The molecule has 0 N–H and O–H groups in total. The van der Waals surface area contributed by atoms with Gasteiger partial charge in [0.2, 0.25) is 23.1 Å². The van der Waals surface area contributed by atoms with E-state index in [0.717, 1.165) is 47.9 Å². The van der Waals surface area contributed by atoms with Gasteiger partial charge in [0.15, 0.2) is 0 Å². The number of benzene rings is 3. The third-order valence-electron chi connectivity index (χ3n) is 12.8. The van der Waals surface area contributed by atoms with Gasteiger partial charge in [-0.15, -0.1) is 0 Å². The number of fused-ring (bicyclic) bond motifs is 10. The number of hydrogen-bond acceptors (Lipinski definition) is 7. The summed E-state index contributed by atoms with van der Waals surface area (Å²) in [5.74, 6) is -1.52. The molecule has 0 radical (unpaired) electrons. The van der Waals surface area contributed by atoms with E-state index in [2.05, 4.69) is 39.8 Å². The lowest BCUT2D eigenvalue weighted by molar-refractivity contribution is 0.0813. The summed E-state index contributed by atoms with van der Waals surface area (Å²) in [6, 6.07) is 15.2.